The zero-order valence-electron chi connectivity index (χ0n) is 13.0. The first-order chi connectivity index (χ1) is 10.2. The van der Waals surface area contributed by atoms with Gasteiger partial charge < -0.3 is 19.7 Å². The van der Waals surface area contributed by atoms with Crippen molar-refractivity contribution >= 4 is 23.0 Å². The van der Waals surface area contributed by atoms with E-state index in [1.165, 1.54) is 19.3 Å². The molecule has 2 rings (SSSR count). The number of likely N-dealkylation sites (tertiary alicyclic amines) is 1. The van der Waals surface area contributed by atoms with Crippen LogP contribution in [0.15, 0.2) is 18.2 Å². The highest BCUT2D eigenvalue weighted by molar-refractivity contribution is 7.80. The van der Waals surface area contributed by atoms with E-state index in [4.69, 9.17) is 21.7 Å². The van der Waals surface area contributed by atoms with Crippen LogP contribution in [0.1, 0.15) is 32.6 Å². The van der Waals surface area contributed by atoms with Crippen LogP contribution in [-0.4, -0.2) is 36.8 Å². The topological polar surface area (TPSA) is 33.7 Å². The molecule has 1 unspecified atom stereocenters. The van der Waals surface area contributed by atoms with E-state index in [1.807, 2.05) is 18.2 Å². The second-order valence-electron chi connectivity index (χ2n) is 5.25. The number of methoxy groups -OCH3 is 2. The quantitative estimate of drug-likeness (QED) is 0.858. The first-order valence-electron chi connectivity index (χ1n) is 7.49. The summed E-state index contributed by atoms with van der Waals surface area (Å²) in [5.41, 5.74) is 0.929. The van der Waals surface area contributed by atoms with E-state index in [9.17, 15) is 0 Å². The van der Waals surface area contributed by atoms with E-state index in [1.54, 1.807) is 14.2 Å². The molecule has 1 heterocycles. The molecule has 21 heavy (non-hydrogen) atoms. The molecule has 1 fully saturated rings. The maximum Gasteiger partial charge on any atom is 0.173 e. The molecule has 4 nitrogen and oxygen atoms in total. The number of nitrogens with zero attached hydrogens (tertiary/aromatic N) is 1. The Kier molecular flexibility index (Phi) is 5.67. The second kappa shape index (κ2) is 7.50. The highest BCUT2D eigenvalue weighted by Gasteiger charge is 2.23. The lowest BCUT2D eigenvalue weighted by Crippen LogP contribution is -2.45. The average molecular weight is 308 g/mol. The highest BCUT2D eigenvalue weighted by atomic mass is 32.1. The molecule has 1 saturated heterocycles. The number of nitrogens with one attached hydrogen (secondary N) is 1. The summed E-state index contributed by atoms with van der Waals surface area (Å²) in [6.45, 7) is 3.26. The Bertz CT molecular complexity index is 493. The van der Waals surface area contributed by atoms with E-state index in [-0.39, 0.29) is 0 Å². The number of hydrogen-bond donors (Lipinski definition) is 1. The van der Waals surface area contributed by atoms with Gasteiger partial charge >= 0.3 is 0 Å². The van der Waals surface area contributed by atoms with E-state index in [2.05, 4.69) is 17.1 Å². The fraction of sp³-hybridized carbons (Fsp3) is 0.562. The summed E-state index contributed by atoms with van der Waals surface area (Å²) in [5.74, 6) is 1.43. The van der Waals surface area contributed by atoms with Gasteiger partial charge in [-0.3, -0.25) is 0 Å². The van der Waals surface area contributed by atoms with Crippen LogP contribution in [0, 0.1) is 0 Å². The molecule has 5 heteroatoms. The third kappa shape index (κ3) is 3.79. The van der Waals surface area contributed by atoms with Crippen LogP contribution >= 0.6 is 12.2 Å². The van der Waals surface area contributed by atoms with Gasteiger partial charge in [0, 0.05) is 24.3 Å². The van der Waals surface area contributed by atoms with Crippen molar-refractivity contribution in [1.82, 2.24) is 4.90 Å². The Morgan fingerprint density at radius 3 is 2.71 bits per heavy atom. The normalized spacial score (nSPS) is 18.2. The largest absolute Gasteiger partial charge is 0.493 e. The van der Waals surface area contributed by atoms with Crippen LogP contribution in [0.3, 0.4) is 0 Å². The number of anilines is 1. The van der Waals surface area contributed by atoms with Crippen molar-refractivity contribution in [3.63, 3.8) is 0 Å². The monoisotopic (exact) mass is 308 g/mol. The molecule has 0 aliphatic carbocycles. The minimum Gasteiger partial charge on any atom is -0.493 e. The Balaban J connectivity index is 2.08. The summed E-state index contributed by atoms with van der Waals surface area (Å²) in [7, 11) is 3.27. The fourth-order valence-electron chi connectivity index (χ4n) is 2.80. The van der Waals surface area contributed by atoms with Crippen LogP contribution in [0.2, 0.25) is 0 Å². The average Bonchev–Trinajstić information content (AvgIpc) is 2.54. The lowest BCUT2D eigenvalue weighted by atomic mass is 10.0. The van der Waals surface area contributed by atoms with Crippen LogP contribution in [0.25, 0.3) is 0 Å². The summed E-state index contributed by atoms with van der Waals surface area (Å²) in [5, 5.41) is 4.12. The minimum atomic E-state index is 0.555. The Morgan fingerprint density at radius 2 is 2.05 bits per heavy atom. The summed E-state index contributed by atoms with van der Waals surface area (Å²) in [4.78, 5) is 2.32. The van der Waals surface area contributed by atoms with Crippen LogP contribution in [-0.2, 0) is 0 Å². The van der Waals surface area contributed by atoms with Gasteiger partial charge in [-0.2, -0.15) is 0 Å². The summed E-state index contributed by atoms with van der Waals surface area (Å²) in [6, 6.07) is 6.31. The van der Waals surface area contributed by atoms with Crippen molar-refractivity contribution in [2.75, 3.05) is 26.1 Å². The molecular formula is C16H24N2O2S. The number of hydrogen-bond acceptors (Lipinski definition) is 3. The number of ether oxygens (including phenoxy) is 2. The van der Waals surface area contributed by atoms with Gasteiger partial charge in [0.05, 0.1) is 14.2 Å². The van der Waals surface area contributed by atoms with E-state index in [0.717, 1.165) is 29.5 Å². The van der Waals surface area contributed by atoms with Crippen molar-refractivity contribution in [3.8, 4) is 11.5 Å². The maximum absolute atomic E-state index is 5.58. The van der Waals surface area contributed by atoms with E-state index >= 15 is 0 Å². The van der Waals surface area contributed by atoms with E-state index < -0.39 is 0 Å². The summed E-state index contributed by atoms with van der Waals surface area (Å²) in [6.07, 6.45) is 4.87. The zero-order valence-corrected chi connectivity index (χ0v) is 13.8. The minimum absolute atomic E-state index is 0.555. The van der Waals surface area contributed by atoms with Gasteiger partial charge in [0.25, 0.3) is 0 Å². The number of thiocarbonyl (C=S) groups is 1. The van der Waals surface area contributed by atoms with Crippen LogP contribution < -0.4 is 14.8 Å². The molecule has 0 saturated carbocycles. The van der Waals surface area contributed by atoms with Gasteiger partial charge in [0.1, 0.15) is 0 Å². The molecular weight excluding hydrogens is 284 g/mol. The standard InChI is InChI=1S/C16H24N2O2S/c1-4-13-7-5-6-10-18(13)16(21)17-12-8-9-14(19-2)15(11-12)20-3/h8-9,11,13H,4-7,10H2,1-3H3,(H,17,21). The molecule has 1 aromatic carbocycles. The number of rotatable bonds is 4. The molecule has 0 radical (unpaired) electrons. The molecule has 1 aromatic rings. The first kappa shape index (κ1) is 15.9. The third-order valence-electron chi connectivity index (χ3n) is 3.99. The molecule has 116 valence electrons. The maximum atomic E-state index is 5.58. The molecule has 0 spiro atoms. The number of piperidine rings is 1. The van der Waals surface area contributed by atoms with E-state index in [0.29, 0.717) is 11.8 Å². The van der Waals surface area contributed by atoms with Crippen LogP contribution in [0.5, 0.6) is 11.5 Å². The predicted molar refractivity (Wildman–Crippen MR) is 90.4 cm³/mol. The Labute approximate surface area is 132 Å². The van der Waals surface area contributed by atoms with Gasteiger partial charge in [-0.15, -0.1) is 0 Å². The molecule has 1 N–H and O–H groups in total. The Hall–Kier alpha value is -1.49. The zero-order chi connectivity index (χ0) is 15.2. The fourth-order valence-corrected chi connectivity index (χ4v) is 3.16. The molecule has 0 aromatic heterocycles. The highest BCUT2D eigenvalue weighted by Crippen LogP contribution is 2.30. The van der Waals surface area contributed by atoms with Crippen molar-refractivity contribution in [2.24, 2.45) is 0 Å². The first-order valence-corrected chi connectivity index (χ1v) is 7.90. The second-order valence-corrected chi connectivity index (χ2v) is 5.64. The SMILES string of the molecule is CCC1CCCCN1C(=S)Nc1ccc(OC)c(OC)c1. The molecule has 1 aliphatic heterocycles. The van der Waals surface area contributed by atoms with Crippen molar-refractivity contribution < 1.29 is 9.47 Å². The summed E-state index contributed by atoms with van der Waals surface area (Å²) >= 11 is 5.58. The van der Waals surface area contributed by atoms with Gasteiger partial charge in [-0.1, -0.05) is 6.92 Å². The van der Waals surface area contributed by atoms with Crippen molar-refractivity contribution in [2.45, 2.75) is 38.6 Å². The lowest BCUT2D eigenvalue weighted by molar-refractivity contribution is 0.239. The lowest BCUT2D eigenvalue weighted by Gasteiger charge is -2.37. The molecule has 0 bridgehead atoms. The molecule has 1 aliphatic rings. The van der Waals surface area contributed by atoms with Crippen molar-refractivity contribution in [3.05, 3.63) is 18.2 Å². The van der Waals surface area contributed by atoms with Crippen LogP contribution in [0.4, 0.5) is 5.69 Å². The van der Waals surface area contributed by atoms with Gasteiger partial charge in [-0.05, 0) is 50.0 Å². The van der Waals surface area contributed by atoms with Gasteiger partial charge in [0.2, 0.25) is 0 Å². The van der Waals surface area contributed by atoms with Gasteiger partial charge in [0.15, 0.2) is 16.6 Å². The number of benzene rings is 1. The summed E-state index contributed by atoms with van der Waals surface area (Å²) < 4.78 is 10.6. The predicted octanol–water partition coefficient (Wildman–Crippen LogP) is 3.67. The Morgan fingerprint density at radius 1 is 1.29 bits per heavy atom. The van der Waals surface area contributed by atoms with Gasteiger partial charge in [-0.25, -0.2) is 0 Å². The third-order valence-corrected chi connectivity index (χ3v) is 4.33. The van der Waals surface area contributed by atoms with Crippen molar-refractivity contribution in [1.29, 1.82) is 0 Å². The molecule has 1 atom stereocenters. The smallest absolute Gasteiger partial charge is 0.173 e. The molecule has 0 amide bonds.